The monoisotopic (exact) mass is 268 g/mol. The van der Waals surface area contributed by atoms with Crippen molar-refractivity contribution in [2.75, 3.05) is 5.32 Å². The summed E-state index contributed by atoms with van der Waals surface area (Å²) in [4.78, 5) is 3.58. The first-order chi connectivity index (χ1) is 9.74. The number of phenolic OH excluding ortho intramolecular Hbond substituents is 1. The Kier molecular flexibility index (Phi) is 3.21. The van der Waals surface area contributed by atoms with Crippen molar-refractivity contribution in [3.05, 3.63) is 66.2 Å². The van der Waals surface area contributed by atoms with Crippen LogP contribution < -0.4 is 5.32 Å². The number of fused-ring (bicyclic) bond motifs is 1. The van der Waals surface area contributed by atoms with Crippen LogP contribution in [0, 0.1) is 5.95 Å². The number of aromatic nitrogens is 1. The molecule has 0 amide bonds. The molecule has 0 atom stereocenters. The van der Waals surface area contributed by atoms with Gasteiger partial charge in [-0.3, -0.25) is 0 Å². The summed E-state index contributed by atoms with van der Waals surface area (Å²) in [5, 5.41) is 15.2. The van der Waals surface area contributed by atoms with E-state index in [0.29, 0.717) is 12.2 Å². The third-order valence-electron chi connectivity index (χ3n) is 3.21. The minimum atomic E-state index is -0.511. The van der Waals surface area contributed by atoms with Crippen molar-refractivity contribution in [3.8, 4) is 5.75 Å². The van der Waals surface area contributed by atoms with E-state index < -0.39 is 5.95 Å². The summed E-state index contributed by atoms with van der Waals surface area (Å²) < 4.78 is 12.7. The fourth-order valence-electron chi connectivity index (χ4n) is 2.18. The molecule has 100 valence electrons. The molecule has 0 spiro atoms. The van der Waals surface area contributed by atoms with Crippen molar-refractivity contribution in [2.45, 2.75) is 6.54 Å². The van der Waals surface area contributed by atoms with Crippen molar-refractivity contribution < 1.29 is 9.50 Å². The molecular weight excluding hydrogens is 255 g/mol. The summed E-state index contributed by atoms with van der Waals surface area (Å²) in [6, 6.07) is 14.3. The Labute approximate surface area is 115 Å². The van der Waals surface area contributed by atoms with E-state index in [1.807, 2.05) is 30.3 Å². The van der Waals surface area contributed by atoms with E-state index in [2.05, 4.69) is 10.3 Å². The zero-order valence-corrected chi connectivity index (χ0v) is 10.7. The first-order valence-electron chi connectivity index (χ1n) is 6.29. The van der Waals surface area contributed by atoms with Gasteiger partial charge in [0, 0.05) is 12.1 Å². The van der Waals surface area contributed by atoms with Crippen LogP contribution in [0.25, 0.3) is 10.8 Å². The van der Waals surface area contributed by atoms with Gasteiger partial charge in [-0.05, 0) is 29.0 Å². The Bertz CT molecular complexity index is 741. The molecule has 0 fully saturated rings. The quantitative estimate of drug-likeness (QED) is 0.712. The molecule has 2 N–H and O–H groups in total. The van der Waals surface area contributed by atoms with Crippen LogP contribution in [0.5, 0.6) is 5.75 Å². The number of phenols is 1. The minimum absolute atomic E-state index is 0.242. The number of halogens is 1. The number of hydrogen-bond acceptors (Lipinski definition) is 3. The molecule has 2 aromatic carbocycles. The Balaban J connectivity index is 1.90. The number of rotatable bonds is 3. The minimum Gasteiger partial charge on any atom is -0.508 e. The highest BCUT2D eigenvalue weighted by Gasteiger charge is 2.06. The van der Waals surface area contributed by atoms with Crippen molar-refractivity contribution in [1.82, 2.24) is 4.98 Å². The molecule has 0 radical (unpaired) electrons. The highest BCUT2D eigenvalue weighted by atomic mass is 19.1. The molecule has 0 saturated carbocycles. The standard InChI is InChI=1S/C16H13FN2O/c17-16-8-6-12(9-19-16)18-10-14-13-4-2-1-3-11(13)5-7-15(14)20/h1-9,18,20H,10H2. The average molecular weight is 268 g/mol. The zero-order valence-electron chi connectivity index (χ0n) is 10.7. The second-order valence-electron chi connectivity index (χ2n) is 4.51. The molecule has 3 rings (SSSR count). The molecule has 3 nitrogen and oxygen atoms in total. The van der Waals surface area contributed by atoms with Gasteiger partial charge in [-0.15, -0.1) is 0 Å². The molecular formula is C16H13FN2O. The van der Waals surface area contributed by atoms with Gasteiger partial charge in [0.05, 0.1) is 11.9 Å². The second kappa shape index (κ2) is 5.17. The lowest BCUT2D eigenvalue weighted by molar-refractivity contribution is 0.470. The van der Waals surface area contributed by atoms with Crippen molar-refractivity contribution in [3.63, 3.8) is 0 Å². The van der Waals surface area contributed by atoms with E-state index in [4.69, 9.17) is 0 Å². The van der Waals surface area contributed by atoms with Crippen molar-refractivity contribution in [2.24, 2.45) is 0 Å². The first kappa shape index (κ1) is 12.4. The molecule has 1 heterocycles. The fraction of sp³-hybridized carbons (Fsp3) is 0.0625. The van der Waals surface area contributed by atoms with Crippen LogP contribution in [0.4, 0.5) is 10.1 Å². The molecule has 20 heavy (non-hydrogen) atoms. The third kappa shape index (κ3) is 2.40. The predicted molar refractivity (Wildman–Crippen MR) is 77.1 cm³/mol. The topological polar surface area (TPSA) is 45.1 Å². The molecule has 0 aliphatic heterocycles. The van der Waals surface area contributed by atoms with Gasteiger partial charge >= 0.3 is 0 Å². The molecule has 0 aliphatic rings. The fourth-order valence-corrected chi connectivity index (χ4v) is 2.18. The number of hydrogen-bond donors (Lipinski definition) is 2. The maximum Gasteiger partial charge on any atom is 0.212 e. The zero-order chi connectivity index (χ0) is 13.9. The van der Waals surface area contributed by atoms with Gasteiger partial charge in [-0.2, -0.15) is 4.39 Å². The van der Waals surface area contributed by atoms with Gasteiger partial charge in [0.1, 0.15) is 5.75 Å². The highest BCUT2D eigenvalue weighted by Crippen LogP contribution is 2.27. The van der Waals surface area contributed by atoms with Gasteiger partial charge in [-0.25, -0.2) is 4.98 Å². The lowest BCUT2D eigenvalue weighted by Crippen LogP contribution is -2.01. The van der Waals surface area contributed by atoms with E-state index in [-0.39, 0.29) is 5.75 Å². The van der Waals surface area contributed by atoms with Gasteiger partial charge in [0.2, 0.25) is 5.95 Å². The molecule has 1 aromatic heterocycles. The van der Waals surface area contributed by atoms with Crippen molar-refractivity contribution >= 4 is 16.5 Å². The van der Waals surface area contributed by atoms with Gasteiger partial charge < -0.3 is 10.4 Å². The van der Waals surface area contributed by atoms with E-state index >= 15 is 0 Å². The van der Waals surface area contributed by atoms with Crippen LogP contribution in [-0.2, 0) is 6.54 Å². The van der Waals surface area contributed by atoms with Crippen LogP contribution in [0.3, 0.4) is 0 Å². The Morgan fingerprint density at radius 2 is 1.90 bits per heavy atom. The lowest BCUT2D eigenvalue weighted by atomic mass is 10.0. The van der Waals surface area contributed by atoms with Crippen molar-refractivity contribution in [1.29, 1.82) is 0 Å². The summed E-state index contributed by atoms with van der Waals surface area (Å²) in [6.07, 6.45) is 1.43. The van der Waals surface area contributed by atoms with E-state index in [1.165, 1.54) is 12.3 Å². The van der Waals surface area contributed by atoms with Crippen LogP contribution in [0.1, 0.15) is 5.56 Å². The number of nitrogens with zero attached hydrogens (tertiary/aromatic N) is 1. The maximum absolute atomic E-state index is 12.7. The van der Waals surface area contributed by atoms with E-state index in [9.17, 15) is 9.50 Å². The number of nitrogens with one attached hydrogen (secondary N) is 1. The number of benzene rings is 2. The molecule has 0 bridgehead atoms. The average Bonchev–Trinajstić information content (AvgIpc) is 2.48. The molecule has 0 saturated heterocycles. The Morgan fingerprint density at radius 1 is 1.05 bits per heavy atom. The molecule has 3 aromatic rings. The summed E-state index contributed by atoms with van der Waals surface area (Å²) in [6.45, 7) is 0.445. The molecule has 0 unspecified atom stereocenters. The van der Waals surface area contributed by atoms with Gasteiger partial charge in [-0.1, -0.05) is 30.3 Å². The summed E-state index contributed by atoms with van der Waals surface area (Å²) in [5.74, 6) is -0.269. The number of pyridine rings is 1. The Morgan fingerprint density at radius 3 is 2.70 bits per heavy atom. The molecule has 4 heteroatoms. The van der Waals surface area contributed by atoms with Crippen LogP contribution in [-0.4, -0.2) is 10.1 Å². The highest BCUT2D eigenvalue weighted by molar-refractivity contribution is 5.87. The van der Waals surface area contributed by atoms with Crippen LogP contribution in [0.15, 0.2) is 54.7 Å². The third-order valence-corrected chi connectivity index (χ3v) is 3.21. The van der Waals surface area contributed by atoms with E-state index in [1.54, 1.807) is 12.1 Å². The van der Waals surface area contributed by atoms with Gasteiger partial charge in [0.15, 0.2) is 0 Å². The summed E-state index contributed by atoms with van der Waals surface area (Å²) >= 11 is 0. The SMILES string of the molecule is Oc1ccc2ccccc2c1CNc1ccc(F)nc1. The first-order valence-corrected chi connectivity index (χ1v) is 6.29. The van der Waals surface area contributed by atoms with Crippen LogP contribution in [0.2, 0.25) is 0 Å². The van der Waals surface area contributed by atoms with Crippen LogP contribution >= 0.6 is 0 Å². The van der Waals surface area contributed by atoms with E-state index in [0.717, 1.165) is 16.3 Å². The summed E-state index contributed by atoms with van der Waals surface area (Å²) in [7, 11) is 0. The molecule has 0 aliphatic carbocycles. The smallest absolute Gasteiger partial charge is 0.212 e. The lowest BCUT2D eigenvalue weighted by Gasteiger charge is -2.11. The summed E-state index contributed by atoms with van der Waals surface area (Å²) in [5.41, 5.74) is 1.52. The maximum atomic E-state index is 12.7. The normalized spacial score (nSPS) is 10.7. The largest absolute Gasteiger partial charge is 0.508 e. The predicted octanol–water partition coefficient (Wildman–Crippen LogP) is 3.69. The Hall–Kier alpha value is -2.62. The number of anilines is 1. The second-order valence-corrected chi connectivity index (χ2v) is 4.51. The number of aromatic hydroxyl groups is 1. The van der Waals surface area contributed by atoms with Gasteiger partial charge in [0.25, 0.3) is 0 Å².